The summed E-state index contributed by atoms with van der Waals surface area (Å²) in [5.41, 5.74) is 0. The Morgan fingerprint density at radius 2 is 0.810 bits per heavy atom. The summed E-state index contributed by atoms with van der Waals surface area (Å²) in [5, 5.41) is 85.2. The van der Waals surface area contributed by atoms with Crippen LogP contribution < -0.4 is 0 Å². The van der Waals surface area contributed by atoms with Gasteiger partial charge in [0.2, 0.25) is 0 Å². The van der Waals surface area contributed by atoms with Gasteiger partial charge in [-0.25, -0.2) is 19.2 Å². The van der Waals surface area contributed by atoms with Crippen LogP contribution in [0, 0.1) is 0 Å². The van der Waals surface area contributed by atoms with Crippen molar-refractivity contribution in [1.82, 2.24) is 0 Å². The average molecular weight is 911 g/mol. The van der Waals surface area contributed by atoms with Crippen molar-refractivity contribution in [3.63, 3.8) is 0 Å². The molecule has 2 saturated heterocycles. The van der Waals surface area contributed by atoms with Crippen molar-refractivity contribution in [2.45, 2.75) is 114 Å². The normalized spacial score (nSPS) is 28.6. The maximum Gasteiger partial charge on any atom is 0.330 e. The van der Waals surface area contributed by atoms with Crippen LogP contribution in [0.4, 0.5) is 0 Å². The van der Waals surface area contributed by atoms with Gasteiger partial charge in [-0.15, -0.1) is 0 Å². The lowest BCUT2D eigenvalue weighted by atomic mass is 9.96. The van der Waals surface area contributed by atoms with E-state index in [-0.39, 0.29) is 0 Å². The predicted octanol–water partition coefficient (Wildman–Crippen LogP) is -3.38. The molecule has 63 heavy (non-hydrogen) atoms. The van der Waals surface area contributed by atoms with Crippen molar-refractivity contribution in [3.05, 3.63) is 48.6 Å². The summed E-state index contributed by atoms with van der Waals surface area (Å²) in [6.07, 6.45) is -12.3. The van der Waals surface area contributed by atoms with E-state index in [1.807, 2.05) is 0 Å². The number of carbonyl (C=O) groups excluding carboxylic acids is 4. The summed E-state index contributed by atoms with van der Waals surface area (Å²) in [6, 6.07) is 0. The van der Waals surface area contributed by atoms with Crippen LogP contribution in [-0.4, -0.2) is 217 Å². The van der Waals surface area contributed by atoms with Crippen molar-refractivity contribution < 1.29 is 112 Å². The van der Waals surface area contributed by atoms with Crippen LogP contribution in [0.3, 0.4) is 0 Å². The fourth-order valence-corrected chi connectivity index (χ4v) is 5.70. The number of aliphatic hydroxyl groups excluding tert-OH is 8. The van der Waals surface area contributed by atoms with E-state index in [1.54, 1.807) is 27.7 Å². The lowest BCUT2D eigenvalue weighted by Gasteiger charge is -2.49. The minimum Gasteiger partial charge on any atom is -0.460 e. The molecule has 0 aromatic carbocycles. The number of hydrogen-bond acceptors (Lipinski definition) is 23. The molecule has 0 bridgehead atoms. The van der Waals surface area contributed by atoms with E-state index < -0.39 is 176 Å². The van der Waals surface area contributed by atoms with Crippen molar-refractivity contribution >= 4 is 23.9 Å². The molecule has 2 fully saturated rings. The molecule has 2 aliphatic heterocycles. The molecular formula is C40H62O23. The fourth-order valence-electron chi connectivity index (χ4n) is 5.70. The van der Waals surface area contributed by atoms with Gasteiger partial charge in [-0.2, -0.15) is 0 Å². The highest BCUT2D eigenvalue weighted by Gasteiger charge is 2.53. The van der Waals surface area contributed by atoms with E-state index in [1.165, 1.54) is 24.3 Å². The van der Waals surface area contributed by atoms with Gasteiger partial charge in [0.15, 0.2) is 12.6 Å². The minimum atomic E-state index is -1.87. The van der Waals surface area contributed by atoms with Gasteiger partial charge in [-0.1, -0.05) is 24.3 Å². The first-order valence-electron chi connectivity index (χ1n) is 20.0. The van der Waals surface area contributed by atoms with Crippen LogP contribution in [0.2, 0.25) is 0 Å². The molecule has 360 valence electrons. The van der Waals surface area contributed by atoms with E-state index >= 15 is 0 Å². The van der Waals surface area contributed by atoms with Gasteiger partial charge in [-0.05, 0) is 27.7 Å². The zero-order valence-corrected chi connectivity index (χ0v) is 35.5. The standard InChI is InChI=1S/C40H62O23/c1-5-9-29(47)53-15-23(43)19-57-36-34(52)33(51)27(13-41)61-40(36)63-35-28(14-42)62-39(60-22-26(46)18-56-32(50)12-8-4)38(59-21-25(45)17-55-31(49)11-7-3)37(35)58-20-24(44)16-54-30(48)10-6-2/h5-12,23-28,33-46,51-52H,13-22H2,1-4H3/t23?,24?,25?,26?,27-,28-,33+,34+,35-,36-,37+,38-,39?,40+/m1/s1. The van der Waals surface area contributed by atoms with Gasteiger partial charge in [0.1, 0.15) is 99.7 Å². The van der Waals surface area contributed by atoms with Gasteiger partial charge >= 0.3 is 23.9 Å². The van der Waals surface area contributed by atoms with Gasteiger partial charge in [0, 0.05) is 24.3 Å². The Hall–Kier alpha value is -3.76. The molecule has 0 spiro atoms. The third-order valence-electron chi connectivity index (χ3n) is 8.67. The van der Waals surface area contributed by atoms with Crippen LogP contribution in [0.5, 0.6) is 0 Å². The number of carbonyl (C=O) groups is 4. The molecule has 2 rings (SSSR count). The smallest absolute Gasteiger partial charge is 0.330 e. The molecule has 0 aliphatic carbocycles. The van der Waals surface area contributed by atoms with E-state index in [9.17, 15) is 60.0 Å². The van der Waals surface area contributed by atoms with Crippen molar-refractivity contribution in [3.8, 4) is 0 Å². The largest absolute Gasteiger partial charge is 0.460 e. The lowest BCUT2D eigenvalue weighted by Crippen LogP contribution is -2.66. The van der Waals surface area contributed by atoms with Gasteiger partial charge in [-0.3, -0.25) is 0 Å². The summed E-state index contributed by atoms with van der Waals surface area (Å²) >= 11 is 0. The second-order valence-corrected chi connectivity index (χ2v) is 13.9. The summed E-state index contributed by atoms with van der Waals surface area (Å²) < 4.78 is 61.7. The number of ether oxygens (including phenoxy) is 11. The van der Waals surface area contributed by atoms with Crippen LogP contribution in [0.1, 0.15) is 27.7 Å². The van der Waals surface area contributed by atoms with Gasteiger partial charge in [0.25, 0.3) is 0 Å². The van der Waals surface area contributed by atoms with Crippen molar-refractivity contribution in [2.75, 3.05) is 66.1 Å². The maximum absolute atomic E-state index is 12.0. The first kappa shape index (κ1) is 55.4. The molecule has 0 aromatic rings. The third-order valence-corrected chi connectivity index (χ3v) is 8.67. The molecule has 5 unspecified atom stereocenters. The second-order valence-electron chi connectivity index (χ2n) is 13.9. The molecule has 2 aliphatic rings. The Labute approximate surface area is 363 Å². The molecule has 0 saturated carbocycles. The first-order chi connectivity index (χ1) is 30.1. The average Bonchev–Trinajstić information content (AvgIpc) is 3.25. The fraction of sp³-hybridized carbons (Fsp3) is 0.700. The van der Waals surface area contributed by atoms with Crippen LogP contribution in [-0.2, 0) is 71.3 Å². The molecule has 23 heteroatoms. The summed E-state index contributed by atoms with van der Waals surface area (Å²) in [6.45, 7) is -0.115. The first-order valence-corrected chi connectivity index (χ1v) is 20.0. The zero-order valence-electron chi connectivity index (χ0n) is 35.5. The summed E-state index contributed by atoms with van der Waals surface area (Å²) in [7, 11) is 0. The predicted molar refractivity (Wildman–Crippen MR) is 211 cm³/mol. The number of esters is 4. The summed E-state index contributed by atoms with van der Waals surface area (Å²) in [4.78, 5) is 47.5. The summed E-state index contributed by atoms with van der Waals surface area (Å²) in [5.74, 6) is -3.07. The lowest BCUT2D eigenvalue weighted by molar-refractivity contribution is -0.372. The molecule has 0 radical (unpaired) electrons. The highest BCUT2D eigenvalue weighted by molar-refractivity contribution is 5.82. The van der Waals surface area contributed by atoms with E-state index in [0.29, 0.717) is 0 Å². The molecule has 8 N–H and O–H groups in total. The molecule has 23 nitrogen and oxygen atoms in total. The molecular weight excluding hydrogens is 848 g/mol. The highest BCUT2D eigenvalue weighted by Crippen LogP contribution is 2.33. The van der Waals surface area contributed by atoms with E-state index in [4.69, 9.17) is 52.1 Å². The number of allylic oxidation sites excluding steroid dienone is 4. The third kappa shape index (κ3) is 19.9. The Bertz CT molecular complexity index is 1470. The Kier molecular flexibility index (Phi) is 26.7. The minimum absolute atomic E-state index is 0.529. The van der Waals surface area contributed by atoms with Crippen LogP contribution in [0.25, 0.3) is 0 Å². The van der Waals surface area contributed by atoms with Crippen LogP contribution >= 0.6 is 0 Å². The number of aliphatic hydroxyl groups is 8. The Morgan fingerprint density at radius 3 is 1.19 bits per heavy atom. The molecule has 0 aromatic heterocycles. The number of hydrogen-bond donors (Lipinski definition) is 8. The topological polar surface area (TPSA) is 332 Å². The quantitative estimate of drug-likeness (QED) is 0.0216. The van der Waals surface area contributed by atoms with Crippen molar-refractivity contribution in [1.29, 1.82) is 0 Å². The molecule has 14 atom stereocenters. The zero-order chi connectivity index (χ0) is 46.9. The maximum atomic E-state index is 12.0. The molecule has 2 heterocycles. The van der Waals surface area contributed by atoms with Gasteiger partial charge in [0.05, 0.1) is 39.6 Å². The van der Waals surface area contributed by atoms with Gasteiger partial charge < -0.3 is 93.0 Å². The monoisotopic (exact) mass is 910 g/mol. The van der Waals surface area contributed by atoms with Crippen LogP contribution in [0.15, 0.2) is 48.6 Å². The van der Waals surface area contributed by atoms with E-state index in [0.717, 1.165) is 24.3 Å². The number of rotatable bonds is 28. The highest BCUT2D eigenvalue weighted by atomic mass is 16.8. The SMILES string of the molecule is CC=CC(=O)OCC(O)COC1O[C@H](CO)[C@@H](O[C@@H]2O[C@H](CO)[C@H](O)[C@H](O)[C@H]2OCC(O)COC(=O)C=CC)[C@H](OCC(O)COC(=O)C=CC)[C@H]1OCC(O)COC(=O)C=CC. The Balaban J connectivity index is 2.55. The Morgan fingerprint density at radius 1 is 0.460 bits per heavy atom. The van der Waals surface area contributed by atoms with Crippen molar-refractivity contribution in [2.24, 2.45) is 0 Å². The van der Waals surface area contributed by atoms with E-state index in [2.05, 4.69) is 0 Å². The molecule has 0 amide bonds. The second kappa shape index (κ2) is 30.4.